The Hall–Kier alpha value is -2.87. The number of nitrogens with zero attached hydrogens (tertiary/aromatic N) is 2. The molecule has 0 atom stereocenters. The third kappa shape index (κ3) is 4.46. The van der Waals surface area contributed by atoms with Crippen molar-refractivity contribution in [3.63, 3.8) is 0 Å². The first-order valence-corrected chi connectivity index (χ1v) is 8.80. The molecule has 140 valence electrons. The predicted molar refractivity (Wildman–Crippen MR) is 103 cm³/mol. The van der Waals surface area contributed by atoms with Crippen LogP contribution in [0.3, 0.4) is 0 Å². The molecule has 2 aromatic carbocycles. The van der Waals surface area contributed by atoms with Crippen LogP contribution in [-0.2, 0) is 6.54 Å². The minimum absolute atomic E-state index is 0.289. The first kappa shape index (κ1) is 18.9. The summed E-state index contributed by atoms with van der Waals surface area (Å²) in [5, 5.41) is 7.11. The van der Waals surface area contributed by atoms with Gasteiger partial charge in [0.15, 0.2) is 17.3 Å². The lowest BCUT2D eigenvalue weighted by atomic mass is 10.2. The minimum atomic E-state index is -0.330. The highest BCUT2D eigenvalue weighted by Gasteiger charge is 2.14. The Labute approximate surface area is 164 Å². The summed E-state index contributed by atoms with van der Waals surface area (Å²) in [6, 6.07) is 11.1. The van der Waals surface area contributed by atoms with Crippen LogP contribution >= 0.6 is 15.9 Å². The van der Waals surface area contributed by atoms with Crippen molar-refractivity contribution in [2.45, 2.75) is 6.54 Å². The molecule has 0 aliphatic rings. The molecule has 0 saturated carbocycles. The number of ether oxygens (including phenoxy) is 2. The van der Waals surface area contributed by atoms with E-state index >= 15 is 0 Å². The molecule has 1 heterocycles. The average molecular weight is 434 g/mol. The summed E-state index contributed by atoms with van der Waals surface area (Å²) >= 11 is 3.39. The third-order valence-electron chi connectivity index (χ3n) is 3.85. The van der Waals surface area contributed by atoms with Crippen LogP contribution in [-0.4, -0.2) is 29.9 Å². The predicted octanol–water partition coefficient (Wildman–Crippen LogP) is 4.10. The summed E-state index contributed by atoms with van der Waals surface area (Å²) in [6.45, 7) is 0.450. The van der Waals surface area contributed by atoms with Crippen LogP contribution < -0.4 is 14.8 Å². The molecular formula is C19H17BrFN3O3. The highest BCUT2D eigenvalue weighted by molar-refractivity contribution is 9.10. The normalized spacial score (nSPS) is 10.5. The third-order valence-corrected chi connectivity index (χ3v) is 4.43. The van der Waals surface area contributed by atoms with Gasteiger partial charge in [-0.1, -0.05) is 12.1 Å². The van der Waals surface area contributed by atoms with E-state index in [9.17, 15) is 9.18 Å². The highest BCUT2D eigenvalue weighted by Crippen LogP contribution is 2.28. The fourth-order valence-corrected chi connectivity index (χ4v) is 2.91. The van der Waals surface area contributed by atoms with E-state index in [1.54, 1.807) is 41.2 Å². The maximum absolute atomic E-state index is 13.0. The first-order valence-electron chi connectivity index (χ1n) is 8.01. The lowest BCUT2D eigenvalue weighted by molar-refractivity contribution is 0.102. The van der Waals surface area contributed by atoms with Gasteiger partial charge >= 0.3 is 0 Å². The Balaban J connectivity index is 1.74. The second-order valence-electron chi connectivity index (χ2n) is 5.67. The van der Waals surface area contributed by atoms with Crippen molar-refractivity contribution in [1.29, 1.82) is 0 Å². The lowest BCUT2D eigenvalue weighted by Crippen LogP contribution is -2.13. The maximum Gasteiger partial charge on any atom is 0.257 e. The number of aromatic nitrogens is 2. The lowest BCUT2D eigenvalue weighted by Gasteiger charge is -2.09. The van der Waals surface area contributed by atoms with Gasteiger partial charge in [-0.05, 0) is 51.8 Å². The van der Waals surface area contributed by atoms with Crippen molar-refractivity contribution >= 4 is 27.7 Å². The summed E-state index contributed by atoms with van der Waals surface area (Å²) in [7, 11) is 3.04. The van der Waals surface area contributed by atoms with Crippen molar-refractivity contribution < 1.29 is 18.7 Å². The molecule has 8 heteroatoms. The minimum Gasteiger partial charge on any atom is -0.493 e. The number of benzene rings is 2. The van der Waals surface area contributed by atoms with Gasteiger partial charge < -0.3 is 14.8 Å². The van der Waals surface area contributed by atoms with Gasteiger partial charge in [-0.3, -0.25) is 9.48 Å². The van der Waals surface area contributed by atoms with Crippen LogP contribution in [0.25, 0.3) is 0 Å². The Morgan fingerprint density at radius 2 is 1.85 bits per heavy atom. The van der Waals surface area contributed by atoms with Gasteiger partial charge in [-0.15, -0.1) is 0 Å². The first-order chi connectivity index (χ1) is 13.0. The molecule has 1 N–H and O–H groups in total. The van der Waals surface area contributed by atoms with E-state index in [1.807, 2.05) is 0 Å². The molecule has 0 radical (unpaired) electrons. The summed E-state index contributed by atoms with van der Waals surface area (Å²) < 4.78 is 25.7. The smallest absolute Gasteiger partial charge is 0.257 e. The van der Waals surface area contributed by atoms with Crippen LogP contribution in [0, 0.1) is 5.82 Å². The number of carbonyl (C=O) groups is 1. The van der Waals surface area contributed by atoms with Gasteiger partial charge in [0.1, 0.15) is 5.82 Å². The topological polar surface area (TPSA) is 65.4 Å². The second kappa shape index (κ2) is 8.22. The summed E-state index contributed by atoms with van der Waals surface area (Å²) in [6.07, 6.45) is 1.74. The summed E-state index contributed by atoms with van der Waals surface area (Å²) in [4.78, 5) is 12.5. The Kier molecular flexibility index (Phi) is 5.75. The molecule has 0 aliphatic heterocycles. The molecule has 27 heavy (non-hydrogen) atoms. The average Bonchev–Trinajstić information content (AvgIpc) is 3.01. The highest BCUT2D eigenvalue weighted by atomic mass is 79.9. The molecular weight excluding hydrogens is 417 g/mol. The number of carbonyl (C=O) groups excluding carboxylic acids is 1. The number of anilines is 1. The molecule has 3 aromatic rings. The Morgan fingerprint density at radius 1 is 1.15 bits per heavy atom. The van der Waals surface area contributed by atoms with Crippen molar-refractivity contribution in [3.05, 3.63) is 70.1 Å². The van der Waals surface area contributed by atoms with Crippen LogP contribution in [0.5, 0.6) is 11.5 Å². The van der Waals surface area contributed by atoms with Crippen molar-refractivity contribution in [1.82, 2.24) is 9.78 Å². The van der Waals surface area contributed by atoms with E-state index in [1.165, 1.54) is 26.4 Å². The van der Waals surface area contributed by atoms with E-state index in [-0.39, 0.29) is 11.7 Å². The molecule has 1 amide bonds. The number of hydrogen-bond acceptors (Lipinski definition) is 4. The van der Waals surface area contributed by atoms with Gasteiger partial charge in [0, 0.05) is 11.8 Å². The Bertz CT molecular complexity index is 957. The SMILES string of the molecule is COc1ccc(C(=O)Nc2nn(Cc3ccc(F)cc3)cc2Br)cc1OC. The summed E-state index contributed by atoms with van der Waals surface area (Å²) in [5.41, 5.74) is 1.30. The van der Waals surface area contributed by atoms with E-state index < -0.39 is 0 Å². The zero-order valence-electron chi connectivity index (χ0n) is 14.7. The van der Waals surface area contributed by atoms with Crippen LogP contribution in [0.2, 0.25) is 0 Å². The zero-order chi connectivity index (χ0) is 19.4. The number of halogens is 2. The molecule has 1 aromatic heterocycles. The van der Waals surface area contributed by atoms with Gasteiger partial charge in [0.25, 0.3) is 5.91 Å². The van der Waals surface area contributed by atoms with E-state index in [0.717, 1.165) is 5.56 Å². The van der Waals surface area contributed by atoms with Crippen LogP contribution in [0.4, 0.5) is 10.2 Å². The molecule has 0 saturated heterocycles. The van der Waals surface area contributed by atoms with Gasteiger partial charge in [-0.25, -0.2) is 4.39 Å². The monoisotopic (exact) mass is 433 g/mol. The molecule has 0 aliphatic carbocycles. The maximum atomic E-state index is 13.0. The zero-order valence-corrected chi connectivity index (χ0v) is 16.3. The molecule has 6 nitrogen and oxygen atoms in total. The van der Waals surface area contributed by atoms with Gasteiger partial charge in [0.2, 0.25) is 0 Å². The number of hydrogen-bond donors (Lipinski definition) is 1. The number of methoxy groups -OCH3 is 2. The van der Waals surface area contributed by atoms with Gasteiger partial charge in [-0.2, -0.15) is 5.10 Å². The van der Waals surface area contributed by atoms with E-state index in [4.69, 9.17) is 9.47 Å². The summed E-state index contributed by atoms with van der Waals surface area (Å²) in [5.74, 6) is 0.772. The van der Waals surface area contributed by atoms with Crippen LogP contribution in [0.15, 0.2) is 53.1 Å². The fourth-order valence-electron chi connectivity index (χ4n) is 2.50. The standard InChI is InChI=1S/C19H17BrFN3O3/c1-26-16-8-5-13(9-17(16)27-2)19(25)22-18-15(20)11-24(23-18)10-12-3-6-14(21)7-4-12/h3-9,11H,10H2,1-2H3,(H,22,23,25). The molecule has 0 spiro atoms. The molecule has 3 rings (SSSR count). The van der Waals surface area contributed by atoms with E-state index in [2.05, 4.69) is 26.3 Å². The van der Waals surface area contributed by atoms with Crippen LogP contribution in [0.1, 0.15) is 15.9 Å². The van der Waals surface area contributed by atoms with Crippen molar-refractivity contribution in [2.24, 2.45) is 0 Å². The van der Waals surface area contributed by atoms with Crippen molar-refractivity contribution in [2.75, 3.05) is 19.5 Å². The number of nitrogens with one attached hydrogen (secondary N) is 1. The number of rotatable bonds is 6. The molecule has 0 unspecified atom stereocenters. The second-order valence-corrected chi connectivity index (χ2v) is 6.53. The van der Waals surface area contributed by atoms with Crippen molar-refractivity contribution in [3.8, 4) is 11.5 Å². The molecule has 0 fully saturated rings. The quantitative estimate of drug-likeness (QED) is 0.635. The Morgan fingerprint density at radius 3 is 2.52 bits per heavy atom. The van der Waals surface area contributed by atoms with Gasteiger partial charge in [0.05, 0.1) is 25.2 Å². The largest absolute Gasteiger partial charge is 0.493 e. The molecule has 0 bridgehead atoms. The number of amides is 1. The van der Waals surface area contributed by atoms with E-state index in [0.29, 0.717) is 33.9 Å². The fraction of sp³-hybridized carbons (Fsp3) is 0.158.